The molecule has 0 radical (unpaired) electrons. The molecule has 0 saturated carbocycles. The van der Waals surface area contributed by atoms with Gasteiger partial charge in [0.2, 0.25) is 11.8 Å². The molecule has 0 aliphatic carbocycles. The Balaban J connectivity index is 2.22. The van der Waals surface area contributed by atoms with Crippen molar-refractivity contribution in [2.45, 2.75) is 31.1 Å². The van der Waals surface area contributed by atoms with Crippen molar-refractivity contribution < 1.29 is 12.8 Å². The van der Waals surface area contributed by atoms with Gasteiger partial charge in [-0.2, -0.15) is 0 Å². The summed E-state index contributed by atoms with van der Waals surface area (Å²) in [5, 5.41) is 9.90. The van der Waals surface area contributed by atoms with E-state index < -0.39 is 15.1 Å². The van der Waals surface area contributed by atoms with E-state index in [1.807, 2.05) is 0 Å². The van der Waals surface area contributed by atoms with Crippen LogP contribution >= 0.6 is 0 Å². The van der Waals surface area contributed by atoms with Crippen molar-refractivity contribution in [3.8, 4) is 0 Å². The third kappa shape index (κ3) is 2.25. The number of hydrogen-bond donors (Lipinski definition) is 1. The zero-order valence-electron chi connectivity index (χ0n) is 9.14. The predicted octanol–water partition coefficient (Wildman–Crippen LogP) is 0.429. The lowest BCUT2D eigenvalue weighted by atomic mass is 10.2. The molecule has 0 spiro atoms. The lowest BCUT2D eigenvalue weighted by molar-refractivity contribution is 0.416. The maximum Gasteiger partial charge on any atom is 0.234 e. The van der Waals surface area contributed by atoms with Crippen LogP contribution in [0.5, 0.6) is 0 Å². The van der Waals surface area contributed by atoms with Crippen molar-refractivity contribution in [1.82, 2.24) is 15.5 Å². The maximum absolute atomic E-state index is 11.8. The van der Waals surface area contributed by atoms with Gasteiger partial charge >= 0.3 is 0 Å². The molecule has 16 heavy (non-hydrogen) atoms. The van der Waals surface area contributed by atoms with E-state index in [1.165, 1.54) is 0 Å². The van der Waals surface area contributed by atoms with Crippen LogP contribution in [0.3, 0.4) is 0 Å². The number of hydrogen-bond acceptors (Lipinski definition) is 6. The average Bonchev–Trinajstić information content (AvgIpc) is 2.66. The highest BCUT2D eigenvalue weighted by Gasteiger charge is 2.34. The van der Waals surface area contributed by atoms with Gasteiger partial charge in [-0.3, -0.25) is 0 Å². The van der Waals surface area contributed by atoms with Crippen molar-refractivity contribution in [3.63, 3.8) is 0 Å². The second-order valence-corrected chi connectivity index (χ2v) is 6.22. The molecule has 0 amide bonds. The smallest absolute Gasteiger partial charge is 0.234 e. The van der Waals surface area contributed by atoms with E-state index in [0.717, 1.165) is 12.8 Å². The van der Waals surface area contributed by atoms with E-state index in [0.29, 0.717) is 18.9 Å². The van der Waals surface area contributed by atoms with Crippen LogP contribution in [0.4, 0.5) is 0 Å². The van der Waals surface area contributed by atoms with Gasteiger partial charge in [0.1, 0.15) is 5.25 Å². The Morgan fingerprint density at radius 3 is 2.94 bits per heavy atom. The van der Waals surface area contributed by atoms with Crippen LogP contribution in [0.1, 0.15) is 36.3 Å². The van der Waals surface area contributed by atoms with Crippen molar-refractivity contribution in [2.75, 3.05) is 12.8 Å². The third-order valence-electron chi connectivity index (χ3n) is 2.66. The Bertz CT molecular complexity index is 454. The Morgan fingerprint density at radius 1 is 1.44 bits per heavy atom. The Kier molecular flexibility index (Phi) is 3.25. The fourth-order valence-electron chi connectivity index (χ4n) is 1.85. The van der Waals surface area contributed by atoms with E-state index in [9.17, 15) is 8.42 Å². The highest BCUT2D eigenvalue weighted by Crippen LogP contribution is 2.32. The van der Waals surface area contributed by atoms with Crippen LogP contribution < -0.4 is 5.32 Å². The Labute approximate surface area is 94.4 Å². The summed E-state index contributed by atoms with van der Waals surface area (Å²) in [4.78, 5) is 0. The molecule has 0 bridgehead atoms. The largest absolute Gasteiger partial charge is 0.422 e. The number of aromatic nitrogens is 2. The molecule has 0 aromatic carbocycles. The van der Waals surface area contributed by atoms with Crippen molar-refractivity contribution in [2.24, 2.45) is 0 Å². The van der Waals surface area contributed by atoms with Gasteiger partial charge in [-0.1, -0.05) is 6.42 Å². The first-order valence-corrected chi connectivity index (χ1v) is 7.03. The molecule has 1 fully saturated rings. The number of nitrogens with zero attached hydrogens (tertiary/aromatic N) is 2. The average molecular weight is 245 g/mol. The van der Waals surface area contributed by atoms with Gasteiger partial charge in [-0.25, -0.2) is 8.42 Å². The zero-order chi connectivity index (χ0) is 11.6. The van der Waals surface area contributed by atoms with E-state index in [-0.39, 0.29) is 11.6 Å². The molecule has 1 aliphatic rings. The summed E-state index contributed by atoms with van der Waals surface area (Å²) in [6.07, 6.45) is 2.22. The molecule has 1 N–H and O–H groups in total. The van der Waals surface area contributed by atoms with E-state index in [1.54, 1.807) is 7.05 Å². The van der Waals surface area contributed by atoms with E-state index in [2.05, 4.69) is 15.5 Å². The number of rotatable bonds is 3. The minimum Gasteiger partial charge on any atom is -0.422 e. The summed E-state index contributed by atoms with van der Waals surface area (Å²) in [6, 6.07) is 0. The van der Waals surface area contributed by atoms with Crippen molar-refractivity contribution in [1.29, 1.82) is 0 Å². The minimum atomic E-state index is -3.09. The van der Waals surface area contributed by atoms with Crippen LogP contribution in [0.25, 0.3) is 0 Å². The van der Waals surface area contributed by atoms with Crippen molar-refractivity contribution in [3.05, 3.63) is 11.8 Å². The Hall–Kier alpha value is -0.950. The first kappa shape index (κ1) is 11.5. The first-order chi connectivity index (χ1) is 7.63. The summed E-state index contributed by atoms with van der Waals surface area (Å²) in [7, 11) is -1.33. The highest BCUT2D eigenvalue weighted by atomic mass is 32.2. The van der Waals surface area contributed by atoms with Gasteiger partial charge in [-0.15, -0.1) is 10.2 Å². The summed E-state index contributed by atoms with van der Waals surface area (Å²) in [5.41, 5.74) is 0. The zero-order valence-corrected chi connectivity index (χ0v) is 9.96. The van der Waals surface area contributed by atoms with Gasteiger partial charge in [0.25, 0.3) is 0 Å². The molecule has 1 aromatic heterocycles. The lowest BCUT2D eigenvalue weighted by Gasteiger charge is -2.18. The van der Waals surface area contributed by atoms with Crippen LogP contribution in [-0.2, 0) is 16.4 Å². The second kappa shape index (κ2) is 4.50. The summed E-state index contributed by atoms with van der Waals surface area (Å²) >= 11 is 0. The first-order valence-electron chi connectivity index (χ1n) is 5.32. The van der Waals surface area contributed by atoms with Gasteiger partial charge in [-0.05, 0) is 19.9 Å². The molecule has 1 saturated heterocycles. The molecule has 1 unspecified atom stereocenters. The van der Waals surface area contributed by atoms with E-state index >= 15 is 0 Å². The molecule has 6 nitrogen and oxygen atoms in total. The minimum absolute atomic E-state index is 0.224. The normalized spacial score (nSPS) is 24.4. The lowest BCUT2D eigenvalue weighted by Crippen LogP contribution is -2.21. The van der Waals surface area contributed by atoms with Gasteiger partial charge in [0.05, 0.1) is 12.3 Å². The topological polar surface area (TPSA) is 85.1 Å². The molecular weight excluding hydrogens is 230 g/mol. The predicted molar refractivity (Wildman–Crippen MR) is 57.4 cm³/mol. The standard InChI is InChI=1S/C9H15N3O3S/c1-10-6-8-11-12-9(15-8)7-4-2-3-5-16(7,13)14/h7,10H,2-6H2,1H3. The van der Waals surface area contributed by atoms with Gasteiger partial charge < -0.3 is 9.73 Å². The van der Waals surface area contributed by atoms with Crippen molar-refractivity contribution >= 4 is 9.84 Å². The molecular formula is C9H15N3O3S. The summed E-state index contributed by atoms with van der Waals surface area (Å²) < 4.78 is 28.9. The Morgan fingerprint density at radius 2 is 2.25 bits per heavy atom. The second-order valence-electron chi connectivity index (χ2n) is 3.92. The quantitative estimate of drug-likeness (QED) is 0.831. The molecule has 2 rings (SSSR count). The SMILES string of the molecule is CNCc1nnc(C2CCCCS2(=O)=O)o1. The molecule has 1 atom stereocenters. The van der Waals surface area contributed by atoms with Crippen LogP contribution in [0.15, 0.2) is 4.42 Å². The number of sulfone groups is 1. The van der Waals surface area contributed by atoms with Gasteiger partial charge in [0, 0.05) is 0 Å². The molecule has 7 heteroatoms. The molecule has 90 valence electrons. The van der Waals surface area contributed by atoms with Crippen LogP contribution in [-0.4, -0.2) is 31.4 Å². The fourth-order valence-corrected chi connectivity index (χ4v) is 3.67. The maximum atomic E-state index is 11.8. The number of nitrogens with one attached hydrogen (secondary N) is 1. The fraction of sp³-hybridized carbons (Fsp3) is 0.778. The third-order valence-corrected chi connectivity index (χ3v) is 4.83. The monoisotopic (exact) mass is 245 g/mol. The molecule has 1 aliphatic heterocycles. The molecule has 1 aromatic rings. The van der Waals surface area contributed by atoms with Gasteiger partial charge in [0.15, 0.2) is 9.84 Å². The van der Waals surface area contributed by atoms with Crippen LogP contribution in [0.2, 0.25) is 0 Å². The summed E-state index contributed by atoms with van der Waals surface area (Å²) in [5.74, 6) is 0.893. The summed E-state index contributed by atoms with van der Waals surface area (Å²) in [6.45, 7) is 0.458. The highest BCUT2D eigenvalue weighted by molar-refractivity contribution is 7.91. The van der Waals surface area contributed by atoms with E-state index in [4.69, 9.17) is 4.42 Å². The van der Waals surface area contributed by atoms with Crippen LogP contribution in [0, 0.1) is 0 Å². The molecule has 2 heterocycles.